The van der Waals surface area contributed by atoms with E-state index in [2.05, 4.69) is 40.8 Å². The number of methoxy groups -OCH3 is 1. The Hall–Kier alpha value is -2.14. The molecule has 0 aliphatic carbocycles. The SMILES string of the molecule is COc1cc(C)c(CN2CCc3nc(N)ncc3C2)cc1C. The molecule has 5 nitrogen and oxygen atoms in total. The fourth-order valence-electron chi connectivity index (χ4n) is 3.01. The first kappa shape index (κ1) is 14.8. The minimum atomic E-state index is 0.369. The van der Waals surface area contributed by atoms with Gasteiger partial charge in [-0.15, -0.1) is 0 Å². The molecule has 1 aromatic heterocycles. The van der Waals surface area contributed by atoms with Gasteiger partial charge in [0.15, 0.2) is 0 Å². The van der Waals surface area contributed by atoms with Crippen molar-refractivity contribution in [3.63, 3.8) is 0 Å². The molecule has 0 amide bonds. The topological polar surface area (TPSA) is 64.3 Å². The smallest absolute Gasteiger partial charge is 0.220 e. The van der Waals surface area contributed by atoms with Gasteiger partial charge in [0, 0.05) is 37.8 Å². The highest BCUT2D eigenvalue weighted by Crippen LogP contribution is 2.25. The molecule has 5 heteroatoms. The van der Waals surface area contributed by atoms with E-state index in [4.69, 9.17) is 10.5 Å². The quantitative estimate of drug-likeness (QED) is 0.941. The van der Waals surface area contributed by atoms with Gasteiger partial charge in [-0.2, -0.15) is 0 Å². The predicted octanol–water partition coefficient (Wildman–Crippen LogP) is 2.24. The zero-order chi connectivity index (χ0) is 15.7. The minimum Gasteiger partial charge on any atom is -0.496 e. The fourth-order valence-corrected chi connectivity index (χ4v) is 3.01. The maximum atomic E-state index is 5.66. The average molecular weight is 298 g/mol. The molecule has 0 spiro atoms. The van der Waals surface area contributed by atoms with Crippen LogP contribution >= 0.6 is 0 Å². The third-order valence-electron chi connectivity index (χ3n) is 4.28. The molecule has 0 atom stereocenters. The van der Waals surface area contributed by atoms with Gasteiger partial charge in [0.25, 0.3) is 0 Å². The van der Waals surface area contributed by atoms with Crippen LogP contribution in [0.15, 0.2) is 18.3 Å². The van der Waals surface area contributed by atoms with E-state index in [1.54, 1.807) is 7.11 Å². The van der Waals surface area contributed by atoms with Crippen LogP contribution in [0.25, 0.3) is 0 Å². The summed E-state index contributed by atoms with van der Waals surface area (Å²) in [5.74, 6) is 1.32. The average Bonchev–Trinajstić information content (AvgIpc) is 2.50. The summed E-state index contributed by atoms with van der Waals surface area (Å²) < 4.78 is 5.39. The monoisotopic (exact) mass is 298 g/mol. The summed E-state index contributed by atoms with van der Waals surface area (Å²) in [6.07, 6.45) is 2.78. The number of rotatable bonds is 3. The number of ether oxygens (including phenoxy) is 1. The van der Waals surface area contributed by atoms with Crippen LogP contribution in [0, 0.1) is 13.8 Å². The molecule has 0 unspecified atom stereocenters. The molecule has 1 aromatic carbocycles. The molecular weight excluding hydrogens is 276 g/mol. The Morgan fingerprint density at radius 3 is 2.86 bits per heavy atom. The van der Waals surface area contributed by atoms with E-state index >= 15 is 0 Å². The molecule has 116 valence electrons. The van der Waals surface area contributed by atoms with Crippen LogP contribution in [0.2, 0.25) is 0 Å². The van der Waals surface area contributed by atoms with Gasteiger partial charge in [-0.05, 0) is 36.6 Å². The van der Waals surface area contributed by atoms with Crippen molar-refractivity contribution in [2.24, 2.45) is 0 Å². The number of hydrogen-bond donors (Lipinski definition) is 1. The lowest BCUT2D eigenvalue weighted by molar-refractivity contribution is 0.242. The van der Waals surface area contributed by atoms with Crippen LogP contribution in [-0.2, 0) is 19.5 Å². The first-order chi connectivity index (χ1) is 10.6. The van der Waals surface area contributed by atoms with Crippen molar-refractivity contribution in [2.75, 3.05) is 19.4 Å². The predicted molar refractivity (Wildman–Crippen MR) is 86.7 cm³/mol. The summed E-state index contributed by atoms with van der Waals surface area (Å²) in [5, 5.41) is 0. The minimum absolute atomic E-state index is 0.369. The van der Waals surface area contributed by atoms with Crippen molar-refractivity contribution in [1.29, 1.82) is 0 Å². The van der Waals surface area contributed by atoms with Crippen LogP contribution in [0.1, 0.15) is 27.9 Å². The molecule has 2 heterocycles. The van der Waals surface area contributed by atoms with E-state index in [-0.39, 0.29) is 0 Å². The third-order valence-corrected chi connectivity index (χ3v) is 4.28. The first-order valence-electron chi connectivity index (χ1n) is 7.53. The number of nitrogens with two attached hydrogens (primary N) is 1. The summed E-state index contributed by atoms with van der Waals surface area (Å²) in [6.45, 7) is 7.03. The Morgan fingerprint density at radius 2 is 2.09 bits per heavy atom. The Labute approximate surface area is 131 Å². The van der Waals surface area contributed by atoms with Gasteiger partial charge in [-0.3, -0.25) is 4.90 Å². The molecule has 22 heavy (non-hydrogen) atoms. The van der Waals surface area contributed by atoms with Gasteiger partial charge in [0.2, 0.25) is 5.95 Å². The third kappa shape index (κ3) is 2.90. The number of nitrogen functional groups attached to an aromatic ring is 1. The second-order valence-electron chi connectivity index (χ2n) is 5.91. The van der Waals surface area contributed by atoms with Gasteiger partial charge in [0.05, 0.1) is 12.8 Å². The zero-order valence-corrected chi connectivity index (χ0v) is 13.4. The summed E-state index contributed by atoms with van der Waals surface area (Å²) in [7, 11) is 1.72. The maximum absolute atomic E-state index is 5.66. The fraction of sp³-hybridized carbons (Fsp3) is 0.412. The largest absolute Gasteiger partial charge is 0.496 e. The number of nitrogens with zero attached hydrogens (tertiary/aromatic N) is 3. The number of aromatic nitrogens is 2. The van der Waals surface area contributed by atoms with Gasteiger partial charge in [-0.1, -0.05) is 6.07 Å². The number of benzene rings is 1. The molecule has 0 radical (unpaired) electrons. The van der Waals surface area contributed by atoms with Crippen LogP contribution in [0.4, 0.5) is 5.95 Å². The molecule has 2 N–H and O–H groups in total. The van der Waals surface area contributed by atoms with E-state index in [0.29, 0.717) is 5.95 Å². The van der Waals surface area contributed by atoms with Crippen molar-refractivity contribution < 1.29 is 4.74 Å². The Bertz CT molecular complexity index is 699. The summed E-state index contributed by atoms with van der Waals surface area (Å²) >= 11 is 0. The molecule has 0 saturated carbocycles. The molecular formula is C17H22N4O. The number of fused-ring (bicyclic) bond motifs is 1. The maximum Gasteiger partial charge on any atom is 0.220 e. The van der Waals surface area contributed by atoms with Crippen LogP contribution < -0.4 is 10.5 Å². The second kappa shape index (κ2) is 5.93. The van der Waals surface area contributed by atoms with Crippen LogP contribution in [0.5, 0.6) is 5.75 Å². The van der Waals surface area contributed by atoms with Gasteiger partial charge in [0.1, 0.15) is 5.75 Å². The van der Waals surface area contributed by atoms with E-state index < -0.39 is 0 Å². The van der Waals surface area contributed by atoms with E-state index in [0.717, 1.165) is 37.5 Å². The second-order valence-corrected chi connectivity index (χ2v) is 5.91. The van der Waals surface area contributed by atoms with Crippen molar-refractivity contribution in [3.8, 4) is 5.75 Å². The van der Waals surface area contributed by atoms with Crippen LogP contribution in [-0.4, -0.2) is 28.5 Å². The highest BCUT2D eigenvalue weighted by atomic mass is 16.5. The molecule has 1 aliphatic rings. The van der Waals surface area contributed by atoms with Crippen LogP contribution in [0.3, 0.4) is 0 Å². The molecule has 2 aromatic rings. The van der Waals surface area contributed by atoms with Gasteiger partial charge in [-0.25, -0.2) is 9.97 Å². The highest BCUT2D eigenvalue weighted by Gasteiger charge is 2.19. The first-order valence-corrected chi connectivity index (χ1v) is 7.53. The normalized spacial score (nSPS) is 14.7. The molecule has 3 rings (SSSR count). The van der Waals surface area contributed by atoms with Crippen molar-refractivity contribution in [3.05, 3.63) is 46.3 Å². The molecule has 0 bridgehead atoms. The van der Waals surface area contributed by atoms with Crippen molar-refractivity contribution in [2.45, 2.75) is 33.4 Å². The lowest BCUT2D eigenvalue weighted by Gasteiger charge is -2.28. The Kier molecular flexibility index (Phi) is 3.98. The Morgan fingerprint density at radius 1 is 1.27 bits per heavy atom. The van der Waals surface area contributed by atoms with Gasteiger partial charge < -0.3 is 10.5 Å². The van der Waals surface area contributed by atoms with E-state index in [1.165, 1.54) is 22.3 Å². The van der Waals surface area contributed by atoms with Crippen molar-refractivity contribution >= 4 is 5.95 Å². The van der Waals surface area contributed by atoms with Gasteiger partial charge >= 0.3 is 0 Å². The number of aryl methyl sites for hydroxylation is 2. The summed E-state index contributed by atoms with van der Waals surface area (Å²) in [6, 6.07) is 4.34. The molecule has 0 fully saturated rings. The zero-order valence-electron chi connectivity index (χ0n) is 13.4. The molecule has 0 saturated heterocycles. The summed E-state index contributed by atoms with van der Waals surface area (Å²) in [4.78, 5) is 10.9. The standard InChI is InChI=1S/C17H22N4O/c1-11-7-16(22-3)12(2)6-13(11)9-21-5-4-15-14(10-21)8-19-17(18)20-15/h6-8H,4-5,9-10H2,1-3H3,(H2,18,19,20). The Balaban J connectivity index is 1.78. The number of hydrogen-bond acceptors (Lipinski definition) is 5. The number of anilines is 1. The lowest BCUT2D eigenvalue weighted by Crippen LogP contribution is -2.31. The molecule has 1 aliphatic heterocycles. The van der Waals surface area contributed by atoms with E-state index in [1.807, 2.05) is 6.20 Å². The van der Waals surface area contributed by atoms with E-state index in [9.17, 15) is 0 Å². The summed E-state index contributed by atoms with van der Waals surface area (Å²) in [5.41, 5.74) is 11.7. The van der Waals surface area contributed by atoms with Crippen molar-refractivity contribution in [1.82, 2.24) is 14.9 Å². The lowest BCUT2D eigenvalue weighted by atomic mass is 10.0. The highest BCUT2D eigenvalue weighted by molar-refractivity contribution is 5.41.